The van der Waals surface area contributed by atoms with Crippen molar-refractivity contribution in [2.45, 2.75) is 46.1 Å². The number of aryl methyl sites for hydroxylation is 3. The molecule has 1 aromatic carbocycles. The second kappa shape index (κ2) is 7.20. The van der Waals surface area contributed by atoms with E-state index in [1.807, 2.05) is 6.92 Å². The van der Waals surface area contributed by atoms with Crippen LogP contribution in [-0.2, 0) is 12.8 Å². The highest BCUT2D eigenvalue weighted by molar-refractivity contribution is 5.22. The number of aromatic nitrogens is 2. The van der Waals surface area contributed by atoms with Crippen LogP contribution in [-0.4, -0.2) is 16.7 Å². The molecule has 0 fully saturated rings. The van der Waals surface area contributed by atoms with Crippen molar-refractivity contribution in [2.75, 3.05) is 6.54 Å². The van der Waals surface area contributed by atoms with Crippen molar-refractivity contribution in [1.82, 2.24) is 15.5 Å². The average molecular weight is 273 g/mol. The van der Waals surface area contributed by atoms with Crippen molar-refractivity contribution in [3.05, 3.63) is 47.2 Å². The molecule has 0 amide bonds. The second-order valence-electron chi connectivity index (χ2n) is 5.20. The maximum absolute atomic E-state index is 5.71. The van der Waals surface area contributed by atoms with Crippen molar-refractivity contribution in [3.63, 3.8) is 0 Å². The van der Waals surface area contributed by atoms with Gasteiger partial charge < -0.3 is 9.73 Å². The molecule has 2 rings (SSSR count). The molecule has 20 heavy (non-hydrogen) atoms. The van der Waals surface area contributed by atoms with Gasteiger partial charge in [-0.15, -0.1) is 10.2 Å². The zero-order chi connectivity index (χ0) is 14.4. The topological polar surface area (TPSA) is 51.0 Å². The Hall–Kier alpha value is -1.68. The first-order chi connectivity index (χ1) is 9.69. The van der Waals surface area contributed by atoms with E-state index in [1.54, 1.807) is 0 Å². The molecule has 4 heteroatoms. The van der Waals surface area contributed by atoms with E-state index in [2.05, 4.69) is 53.6 Å². The van der Waals surface area contributed by atoms with Gasteiger partial charge in [0, 0.05) is 6.42 Å². The van der Waals surface area contributed by atoms with E-state index in [-0.39, 0.29) is 6.04 Å². The van der Waals surface area contributed by atoms with Crippen LogP contribution in [0.4, 0.5) is 0 Å². The molecule has 0 spiro atoms. The number of rotatable bonds is 7. The maximum atomic E-state index is 5.71. The quantitative estimate of drug-likeness (QED) is 0.841. The normalized spacial score (nSPS) is 12.6. The first-order valence-electron chi connectivity index (χ1n) is 7.30. The number of hydrogen-bond donors (Lipinski definition) is 1. The Labute approximate surface area is 120 Å². The molecule has 0 saturated heterocycles. The molecular formula is C16H23N3O. The Morgan fingerprint density at radius 2 is 2.10 bits per heavy atom. The SMILES string of the molecule is CCCNC(C)c1nnc(CCc2cccc(C)c2)o1. The van der Waals surface area contributed by atoms with E-state index in [0.717, 1.165) is 25.8 Å². The summed E-state index contributed by atoms with van der Waals surface area (Å²) < 4.78 is 5.71. The highest BCUT2D eigenvalue weighted by atomic mass is 16.4. The zero-order valence-corrected chi connectivity index (χ0v) is 12.5. The van der Waals surface area contributed by atoms with E-state index >= 15 is 0 Å². The van der Waals surface area contributed by atoms with E-state index in [0.29, 0.717) is 11.8 Å². The standard InChI is InChI=1S/C16H23N3O/c1-4-10-17-13(3)16-19-18-15(20-16)9-8-14-7-5-6-12(2)11-14/h5-7,11,13,17H,4,8-10H2,1-3H3. The van der Waals surface area contributed by atoms with Gasteiger partial charge in [-0.3, -0.25) is 0 Å². The third-order valence-electron chi connectivity index (χ3n) is 3.26. The summed E-state index contributed by atoms with van der Waals surface area (Å²) in [6.07, 6.45) is 2.82. The largest absolute Gasteiger partial charge is 0.424 e. The summed E-state index contributed by atoms with van der Waals surface area (Å²) >= 11 is 0. The Balaban J connectivity index is 1.89. The Morgan fingerprint density at radius 3 is 2.85 bits per heavy atom. The Bertz CT molecular complexity index is 536. The minimum absolute atomic E-state index is 0.121. The van der Waals surface area contributed by atoms with Crippen LogP contribution in [0.5, 0.6) is 0 Å². The van der Waals surface area contributed by atoms with Crippen LogP contribution in [0.25, 0.3) is 0 Å². The van der Waals surface area contributed by atoms with Crippen molar-refractivity contribution in [3.8, 4) is 0 Å². The summed E-state index contributed by atoms with van der Waals surface area (Å²) in [5, 5.41) is 11.6. The van der Waals surface area contributed by atoms with Crippen LogP contribution in [0.2, 0.25) is 0 Å². The van der Waals surface area contributed by atoms with Gasteiger partial charge in [-0.1, -0.05) is 36.8 Å². The van der Waals surface area contributed by atoms with Gasteiger partial charge in [-0.25, -0.2) is 0 Å². The fourth-order valence-corrected chi connectivity index (χ4v) is 2.11. The minimum Gasteiger partial charge on any atom is -0.424 e. The first-order valence-corrected chi connectivity index (χ1v) is 7.30. The molecule has 1 heterocycles. The molecule has 1 unspecified atom stereocenters. The van der Waals surface area contributed by atoms with Crippen LogP contribution in [0.15, 0.2) is 28.7 Å². The molecule has 108 valence electrons. The van der Waals surface area contributed by atoms with Gasteiger partial charge in [0.25, 0.3) is 0 Å². The number of nitrogens with zero attached hydrogens (tertiary/aromatic N) is 2. The summed E-state index contributed by atoms with van der Waals surface area (Å²) in [5.41, 5.74) is 2.59. The van der Waals surface area contributed by atoms with Gasteiger partial charge in [-0.05, 0) is 38.8 Å². The van der Waals surface area contributed by atoms with Gasteiger partial charge in [0.1, 0.15) is 0 Å². The molecule has 0 aliphatic rings. The van der Waals surface area contributed by atoms with Gasteiger partial charge >= 0.3 is 0 Å². The fourth-order valence-electron chi connectivity index (χ4n) is 2.11. The van der Waals surface area contributed by atoms with Crippen LogP contribution in [0, 0.1) is 6.92 Å². The van der Waals surface area contributed by atoms with Crippen molar-refractivity contribution in [2.24, 2.45) is 0 Å². The predicted octanol–water partition coefficient (Wildman–Crippen LogP) is 3.22. The second-order valence-corrected chi connectivity index (χ2v) is 5.20. The predicted molar refractivity (Wildman–Crippen MR) is 79.6 cm³/mol. The lowest BCUT2D eigenvalue weighted by Gasteiger charge is -2.07. The number of nitrogens with one attached hydrogen (secondary N) is 1. The first kappa shape index (κ1) is 14.7. The van der Waals surface area contributed by atoms with Crippen LogP contribution >= 0.6 is 0 Å². The molecule has 0 aliphatic heterocycles. The molecule has 1 aromatic heterocycles. The van der Waals surface area contributed by atoms with Gasteiger partial charge in [-0.2, -0.15) is 0 Å². The third kappa shape index (κ3) is 4.17. The molecule has 1 atom stereocenters. The molecule has 0 radical (unpaired) electrons. The van der Waals surface area contributed by atoms with Crippen LogP contribution in [0.3, 0.4) is 0 Å². The van der Waals surface area contributed by atoms with Crippen molar-refractivity contribution < 1.29 is 4.42 Å². The lowest BCUT2D eigenvalue weighted by Crippen LogP contribution is -2.19. The van der Waals surface area contributed by atoms with Crippen molar-refractivity contribution in [1.29, 1.82) is 0 Å². The Morgan fingerprint density at radius 1 is 1.25 bits per heavy atom. The van der Waals surface area contributed by atoms with Gasteiger partial charge in [0.2, 0.25) is 11.8 Å². The van der Waals surface area contributed by atoms with E-state index < -0.39 is 0 Å². The lowest BCUT2D eigenvalue weighted by molar-refractivity contribution is 0.393. The average Bonchev–Trinajstić information content (AvgIpc) is 2.91. The van der Waals surface area contributed by atoms with E-state index in [1.165, 1.54) is 11.1 Å². The summed E-state index contributed by atoms with van der Waals surface area (Å²) in [5.74, 6) is 1.39. The molecule has 2 aromatic rings. The monoisotopic (exact) mass is 273 g/mol. The van der Waals surface area contributed by atoms with Crippen molar-refractivity contribution >= 4 is 0 Å². The summed E-state index contributed by atoms with van der Waals surface area (Å²) in [4.78, 5) is 0. The molecule has 0 aliphatic carbocycles. The summed E-state index contributed by atoms with van der Waals surface area (Å²) in [6.45, 7) is 7.26. The highest BCUT2D eigenvalue weighted by Gasteiger charge is 2.12. The van der Waals surface area contributed by atoms with E-state index in [4.69, 9.17) is 4.42 Å². The smallest absolute Gasteiger partial charge is 0.233 e. The van der Waals surface area contributed by atoms with Gasteiger partial charge in [0.05, 0.1) is 6.04 Å². The van der Waals surface area contributed by atoms with Gasteiger partial charge in [0.15, 0.2) is 0 Å². The van der Waals surface area contributed by atoms with Crippen LogP contribution < -0.4 is 5.32 Å². The number of hydrogen-bond acceptors (Lipinski definition) is 4. The Kier molecular flexibility index (Phi) is 5.30. The maximum Gasteiger partial charge on any atom is 0.233 e. The highest BCUT2D eigenvalue weighted by Crippen LogP contribution is 2.13. The fraction of sp³-hybridized carbons (Fsp3) is 0.500. The third-order valence-corrected chi connectivity index (χ3v) is 3.26. The summed E-state index contributed by atoms with van der Waals surface area (Å²) in [6, 6.07) is 8.64. The zero-order valence-electron chi connectivity index (χ0n) is 12.5. The number of benzene rings is 1. The molecule has 0 saturated carbocycles. The van der Waals surface area contributed by atoms with Crippen LogP contribution in [0.1, 0.15) is 49.2 Å². The molecule has 1 N–H and O–H groups in total. The molecular weight excluding hydrogens is 250 g/mol. The molecule has 4 nitrogen and oxygen atoms in total. The minimum atomic E-state index is 0.121. The van der Waals surface area contributed by atoms with E-state index in [9.17, 15) is 0 Å². The summed E-state index contributed by atoms with van der Waals surface area (Å²) in [7, 11) is 0. The molecule has 0 bridgehead atoms. The lowest BCUT2D eigenvalue weighted by atomic mass is 10.1.